The maximum atomic E-state index is 12.8. The van der Waals surface area contributed by atoms with Crippen LogP contribution in [0.15, 0.2) is 73.2 Å². The van der Waals surface area contributed by atoms with Crippen LogP contribution in [-0.2, 0) is 0 Å². The van der Waals surface area contributed by atoms with Crippen molar-refractivity contribution in [1.82, 2.24) is 20.3 Å². The minimum absolute atomic E-state index is 0.126. The number of fused-ring (bicyclic) bond motifs is 1. The first-order valence-corrected chi connectivity index (χ1v) is 9.15. The summed E-state index contributed by atoms with van der Waals surface area (Å²) in [7, 11) is 0. The minimum atomic E-state index is -0.139. The summed E-state index contributed by atoms with van der Waals surface area (Å²) in [5.41, 5.74) is 5.08. The number of amides is 1. The number of carbonyl (C=O) groups is 1. The molecular formula is C23H20N4O. The van der Waals surface area contributed by atoms with Gasteiger partial charge in [-0.15, -0.1) is 0 Å². The Morgan fingerprint density at radius 2 is 1.79 bits per heavy atom. The number of pyridine rings is 3. The monoisotopic (exact) mass is 368 g/mol. The normalized spacial score (nSPS) is 11.9. The molecule has 5 nitrogen and oxygen atoms in total. The lowest BCUT2D eigenvalue weighted by molar-refractivity contribution is 0.0939. The van der Waals surface area contributed by atoms with Crippen LogP contribution in [0.2, 0.25) is 0 Å². The Balaban J connectivity index is 1.52. The molecule has 3 aromatic heterocycles. The second-order valence-electron chi connectivity index (χ2n) is 6.73. The number of hydrogen-bond donors (Lipinski definition) is 1. The van der Waals surface area contributed by atoms with E-state index in [1.807, 2.05) is 74.6 Å². The number of aromatic nitrogens is 3. The van der Waals surface area contributed by atoms with E-state index in [0.717, 1.165) is 22.1 Å². The van der Waals surface area contributed by atoms with E-state index in [2.05, 4.69) is 20.3 Å². The first kappa shape index (κ1) is 17.8. The summed E-state index contributed by atoms with van der Waals surface area (Å²) in [6.45, 7) is 3.80. The van der Waals surface area contributed by atoms with Crippen LogP contribution < -0.4 is 5.32 Å². The van der Waals surface area contributed by atoms with E-state index < -0.39 is 0 Å². The van der Waals surface area contributed by atoms with Crippen molar-refractivity contribution < 1.29 is 4.79 Å². The standard InChI is InChI=1S/C23H20N4O/c1-15(17-7-9-18(10-8-17)20-6-3-11-24-14-20)27-23(28)21-13-19-5-4-12-25-22(19)26-16(21)2/h3-15H,1-2H3,(H,27,28)/t15-/m0/s1. The molecule has 4 rings (SSSR count). The van der Waals surface area contributed by atoms with Gasteiger partial charge in [0.25, 0.3) is 5.91 Å². The number of rotatable bonds is 4. The molecule has 0 aliphatic heterocycles. The molecule has 28 heavy (non-hydrogen) atoms. The van der Waals surface area contributed by atoms with Crippen molar-refractivity contribution in [3.8, 4) is 11.1 Å². The van der Waals surface area contributed by atoms with Crippen molar-refractivity contribution in [2.24, 2.45) is 0 Å². The van der Waals surface area contributed by atoms with Crippen LogP contribution in [0.1, 0.15) is 34.6 Å². The van der Waals surface area contributed by atoms with Gasteiger partial charge in [0.1, 0.15) is 0 Å². The van der Waals surface area contributed by atoms with Crippen molar-refractivity contribution in [1.29, 1.82) is 0 Å². The number of benzene rings is 1. The maximum absolute atomic E-state index is 12.8. The largest absolute Gasteiger partial charge is 0.345 e. The van der Waals surface area contributed by atoms with E-state index >= 15 is 0 Å². The Kier molecular flexibility index (Phi) is 4.81. The zero-order valence-corrected chi connectivity index (χ0v) is 15.8. The summed E-state index contributed by atoms with van der Waals surface area (Å²) >= 11 is 0. The van der Waals surface area contributed by atoms with Gasteiger partial charge in [0.15, 0.2) is 5.65 Å². The Morgan fingerprint density at radius 1 is 1.00 bits per heavy atom. The first-order valence-electron chi connectivity index (χ1n) is 9.15. The summed E-state index contributed by atoms with van der Waals surface area (Å²) in [6, 6.07) is 17.6. The number of aryl methyl sites for hydroxylation is 1. The second-order valence-corrected chi connectivity index (χ2v) is 6.73. The average Bonchev–Trinajstić information content (AvgIpc) is 2.74. The van der Waals surface area contributed by atoms with Gasteiger partial charge < -0.3 is 5.32 Å². The van der Waals surface area contributed by atoms with E-state index in [1.54, 1.807) is 12.4 Å². The van der Waals surface area contributed by atoms with Gasteiger partial charge in [-0.05, 0) is 54.8 Å². The van der Waals surface area contributed by atoms with Gasteiger partial charge in [-0.2, -0.15) is 0 Å². The molecular weight excluding hydrogens is 348 g/mol. The van der Waals surface area contributed by atoms with Crippen molar-refractivity contribution in [3.05, 3.63) is 90.0 Å². The van der Waals surface area contributed by atoms with E-state index in [0.29, 0.717) is 16.9 Å². The lowest BCUT2D eigenvalue weighted by Crippen LogP contribution is -2.27. The lowest BCUT2D eigenvalue weighted by atomic mass is 10.0. The number of nitrogens with one attached hydrogen (secondary N) is 1. The smallest absolute Gasteiger partial charge is 0.253 e. The molecule has 4 aromatic rings. The molecule has 0 fully saturated rings. The molecule has 0 spiro atoms. The predicted molar refractivity (Wildman–Crippen MR) is 110 cm³/mol. The fourth-order valence-corrected chi connectivity index (χ4v) is 3.18. The molecule has 1 aromatic carbocycles. The Labute approximate surface area is 163 Å². The molecule has 5 heteroatoms. The number of nitrogens with zero attached hydrogens (tertiary/aromatic N) is 3. The molecule has 0 saturated heterocycles. The van der Waals surface area contributed by atoms with Crippen LogP contribution in [0.5, 0.6) is 0 Å². The topological polar surface area (TPSA) is 67.8 Å². The summed E-state index contributed by atoms with van der Waals surface area (Å²) in [5.74, 6) is -0.139. The van der Waals surface area contributed by atoms with Crippen molar-refractivity contribution in [3.63, 3.8) is 0 Å². The highest BCUT2D eigenvalue weighted by Crippen LogP contribution is 2.22. The summed E-state index contributed by atoms with van der Waals surface area (Å²) < 4.78 is 0. The van der Waals surface area contributed by atoms with Gasteiger partial charge in [0.2, 0.25) is 0 Å². The van der Waals surface area contributed by atoms with Gasteiger partial charge >= 0.3 is 0 Å². The fraction of sp³-hybridized carbons (Fsp3) is 0.130. The van der Waals surface area contributed by atoms with Gasteiger partial charge in [-0.1, -0.05) is 30.3 Å². The quantitative estimate of drug-likeness (QED) is 0.576. The number of hydrogen-bond acceptors (Lipinski definition) is 4. The molecule has 1 amide bonds. The summed E-state index contributed by atoms with van der Waals surface area (Å²) in [5, 5.41) is 3.92. The zero-order chi connectivity index (χ0) is 19.5. The molecule has 1 N–H and O–H groups in total. The SMILES string of the molecule is Cc1nc2ncccc2cc1C(=O)N[C@@H](C)c1ccc(-c2cccnc2)cc1. The molecule has 1 atom stereocenters. The van der Waals surface area contributed by atoms with Crippen LogP contribution in [0.4, 0.5) is 0 Å². The molecule has 3 heterocycles. The van der Waals surface area contributed by atoms with Crippen LogP contribution in [0, 0.1) is 6.92 Å². The van der Waals surface area contributed by atoms with E-state index in [4.69, 9.17) is 0 Å². The lowest BCUT2D eigenvalue weighted by Gasteiger charge is -2.16. The Morgan fingerprint density at radius 3 is 2.54 bits per heavy atom. The molecule has 0 saturated carbocycles. The van der Waals surface area contributed by atoms with Gasteiger partial charge in [-0.3, -0.25) is 9.78 Å². The summed E-state index contributed by atoms with van der Waals surface area (Å²) in [6.07, 6.45) is 5.30. The molecule has 0 unspecified atom stereocenters. The highest BCUT2D eigenvalue weighted by molar-refractivity contribution is 5.98. The van der Waals surface area contributed by atoms with Crippen molar-refractivity contribution in [2.45, 2.75) is 19.9 Å². The molecule has 0 aliphatic carbocycles. The Bertz CT molecular complexity index is 1120. The zero-order valence-electron chi connectivity index (χ0n) is 15.8. The Hall–Kier alpha value is -3.60. The van der Waals surface area contributed by atoms with Crippen molar-refractivity contribution in [2.75, 3.05) is 0 Å². The third kappa shape index (κ3) is 3.60. The van der Waals surface area contributed by atoms with Gasteiger partial charge in [-0.25, -0.2) is 9.97 Å². The van der Waals surface area contributed by atoms with Gasteiger partial charge in [0.05, 0.1) is 17.3 Å². The third-order valence-corrected chi connectivity index (χ3v) is 4.78. The van der Waals surface area contributed by atoms with E-state index in [1.165, 1.54) is 0 Å². The summed E-state index contributed by atoms with van der Waals surface area (Å²) in [4.78, 5) is 25.6. The maximum Gasteiger partial charge on any atom is 0.253 e. The molecule has 0 radical (unpaired) electrons. The highest BCUT2D eigenvalue weighted by atomic mass is 16.1. The van der Waals surface area contributed by atoms with Gasteiger partial charge in [0, 0.05) is 24.0 Å². The predicted octanol–water partition coefficient (Wildman–Crippen LogP) is 4.49. The highest BCUT2D eigenvalue weighted by Gasteiger charge is 2.15. The second kappa shape index (κ2) is 7.56. The average molecular weight is 368 g/mol. The molecule has 0 bridgehead atoms. The van der Waals surface area contributed by atoms with Crippen LogP contribution in [0.25, 0.3) is 22.2 Å². The van der Waals surface area contributed by atoms with Crippen molar-refractivity contribution >= 4 is 16.9 Å². The van der Waals surface area contributed by atoms with E-state index in [9.17, 15) is 4.79 Å². The minimum Gasteiger partial charge on any atom is -0.345 e. The fourth-order valence-electron chi connectivity index (χ4n) is 3.18. The van der Waals surface area contributed by atoms with Crippen LogP contribution in [0.3, 0.4) is 0 Å². The third-order valence-electron chi connectivity index (χ3n) is 4.78. The number of carbonyl (C=O) groups excluding carboxylic acids is 1. The van der Waals surface area contributed by atoms with Crippen LogP contribution in [-0.4, -0.2) is 20.9 Å². The molecule has 0 aliphatic rings. The van der Waals surface area contributed by atoms with E-state index in [-0.39, 0.29) is 11.9 Å². The molecule has 138 valence electrons. The first-order chi connectivity index (χ1) is 13.6. The van der Waals surface area contributed by atoms with Crippen LogP contribution >= 0.6 is 0 Å².